The van der Waals surface area contributed by atoms with Crippen molar-refractivity contribution in [3.8, 4) is 0 Å². The molecule has 0 atom stereocenters. The Morgan fingerprint density at radius 2 is 1.57 bits per heavy atom. The average molecular weight is 237 g/mol. The van der Waals surface area contributed by atoms with Gasteiger partial charge in [-0.3, -0.25) is 0 Å². The summed E-state index contributed by atoms with van der Waals surface area (Å²) in [6.45, 7) is -0.950. The van der Waals surface area contributed by atoms with E-state index in [9.17, 15) is 21.6 Å². The van der Waals surface area contributed by atoms with Gasteiger partial charge in [0.2, 0.25) is 0 Å². The summed E-state index contributed by atoms with van der Waals surface area (Å²) in [5.41, 5.74) is -7.38. The number of rotatable bonds is 4. The van der Waals surface area contributed by atoms with Gasteiger partial charge in [-0.1, -0.05) is 0 Å². The van der Waals surface area contributed by atoms with Crippen LogP contribution in [-0.2, 0) is 10.0 Å². The molecule has 0 aromatic rings. The molecular weight excluding hydrogens is 227 g/mol. The van der Waals surface area contributed by atoms with Crippen LogP contribution in [0.3, 0.4) is 0 Å². The predicted molar refractivity (Wildman–Crippen MR) is 40.7 cm³/mol. The van der Waals surface area contributed by atoms with Crippen molar-refractivity contribution in [3.05, 3.63) is 0 Å². The highest BCUT2D eigenvalue weighted by atomic mass is 32.2. The Bertz CT molecular complexity index is 282. The first-order valence-corrected chi connectivity index (χ1v) is 4.88. The molecule has 0 aliphatic rings. The molecule has 0 bridgehead atoms. The highest BCUT2D eigenvalue weighted by molar-refractivity contribution is 7.90. The van der Waals surface area contributed by atoms with Gasteiger partial charge < -0.3 is 10.2 Å². The molecule has 0 aliphatic heterocycles. The van der Waals surface area contributed by atoms with Gasteiger partial charge in [0.25, 0.3) is 0 Å². The Balaban J connectivity index is 4.85. The standard InChI is InChI=1S/C5H10F3NO4S/c1-4(2-10,3-11)9-14(12,13)5(6,7)8/h9-11H,2-3H2,1H3. The summed E-state index contributed by atoms with van der Waals surface area (Å²) in [5, 5.41) is 17.1. The Labute approximate surface area is 78.6 Å². The number of alkyl halides is 3. The van der Waals surface area contributed by atoms with Crippen molar-refractivity contribution in [2.24, 2.45) is 0 Å². The van der Waals surface area contributed by atoms with Gasteiger partial charge >= 0.3 is 15.5 Å². The Morgan fingerprint density at radius 3 is 1.79 bits per heavy atom. The van der Waals surface area contributed by atoms with E-state index in [1.807, 2.05) is 0 Å². The molecule has 5 nitrogen and oxygen atoms in total. The van der Waals surface area contributed by atoms with Crippen molar-refractivity contribution in [2.45, 2.75) is 18.0 Å². The SMILES string of the molecule is CC(CO)(CO)NS(=O)(=O)C(F)(F)F. The topological polar surface area (TPSA) is 86.6 Å². The second-order valence-corrected chi connectivity index (χ2v) is 4.60. The molecule has 9 heteroatoms. The van der Waals surface area contributed by atoms with Crippen molar-refractivity contribution in [1.82, 2.24) is 4.72 Å². The zero-order valence-electron chi connectivity index (χ0n) is 7.17. The highest BCUT2D eigenvalue weighted by Gasteiger charge is 2.48. The fourth-order valence-corrected chi connectivity index (χ4v) is 1.39. The van der Waals surface area contributed by atoms with Gasteiger partial charge in [-0.15, -0.1) is 0 Å². The van der Waals surface area contributed by atoms with Crippen LogP contribution in [0.1, 0.15) is 6.92 Å². The largest absolute Gasteiger partial charge is 0.511 e. The van der Waals surface area contributed by atoms with Crippen LogP contribution in [0.2, 0.25) is 0 Å². The second-order valence-electron chi connectivity index (χ2n) is 2.93. The van der Waals surface area contributed by atoms with Gasteiger partial charge in [-0.25, -0.2) is 8.42 Å². The molecule has 0 amide bonds. The lowest BCUT2D eigenvalue weighted by atomic mass is 10.1. The molecule has 86 valence electrons. The predicted octanol–water partition coefficient (Wildman–Crippen LogP) is -0.831. The average Bonchev–Trinajstić information content (AvgIpc) is 2.01. The molecule has 0 unspecified atom stereocenters. The van der Waals surface area contributed by atoms with Gasteiger partial charge in [-0.05, 0) is 6.92 Å². The van der Waals surface area contributed by atoms with Crippen LogP contribution >= 0.6 is 0 Å². The summed E-state index contributed by atoms with van der Waals surface area (Å²) in [6, 6.07) is 0. The van der Waals surface area contributed by atoms with Crippen LogP contribution in [0.5, 0.6) is 0 Å². The maximum Gasteiger partial charge on any atom is 0.511 e. The van der Waals surface area contributed by atoms with E-state index in [0.717, 1.165) is 11.6 Å². The van der Waals surface area contributed by atoms with E-state index in [-0.39, 0.29) is 0 Å². The zero-order chi connectivity index (χ0) is 11.6. The van der Waals surface area contributed by atoms with E-state index >= 15 is 0 Å². The van der Waals surface area contributed by atoms with Crippen LogP contribution in [-0.4, -0.2) is 42.9 Å². The monoisotopic (exact) mass is 237 g/mol. The normalized spacial score (nSPS) is 14.4. The van der Waals surface area contributed by atoms with Gasteiger partial charge in [0.1, 0.15) is 0 Å². The van der Waals surface area contributed by atoms with Crippen molar-refractivity contribution in [3.63, 3.8) is 0 Å². The maximum absolute atomic E-state index is 11.8. The second kappa shape index (κ2) is 4.01. The lowest BCUT2D eigenvalue weighted by Crippen LogP contribution is -2.54. The van der Waals surface area contributed by atoms with Crippen molar-refractivity contribution >= 4 is 10.0 Å². The van der Waals surface area contributed by atoms with Crippen LogP contribution in [0.25, 0.3) is 0 Å². The van der Waals surface area contributed by atoms with E-state index in [2.05, 4.69) is 0 Å². The molecule has 0 spiro atoms. The minimum absolute atomic E-state index is 0.941. The van der Waals surface area contributed by atoms with E-state index in [1.165, 1.54) is 0 Å². The summed E-state index contributed by atoms with van der Waals surface area (Å²) in [7, 11) is -5.55. The van der Waals surface area contributed by atoms with Crippen molar-refractivity contribution < 1.29 is 31.8 Å². The van der Waals surface area contributed by atoms with E-state index in [0.29, 0.717) is 0 Å². The van der Waals surface area contributed by atoms with Crippen LogP contribution in [0.15, 0.2) is 0 Å². The van der Waals surface area contributed by atoms with E-state index in [1.54, 1.807) is 0 Å². The van der Waals surface area contributed by atoms with Crippen molar-refractivity contribution in [2.75, 3.05) is 13.2 Å². The summed E-state index contributed by atoms with van der Waals surface area (Å²) in [6.07, 6.45) is 0. The Morgan fingerprint density at radius 1 is 1.21 bits per heavy atom. The molecule has 0 aromatic carbocycles. The molecule has 0 saturated heterocycles. The van der Waals surface area contributed by atoms with Crippen LogP contribution < -0.4 is 4.72 Å². The molecule has 0 saturated carbocycles. The first-order valence-electron chi connectivity index (χ1n) is 3.40. The molecule has 0 fully saturated rings. The number of hydrogen-bond acceptors (Lipinski definition) is 4. The number of halogens is 3. The number of sulfonamides is 1. The smallest absolute Gasteiger partial charge is 0.394 e. The van der Waals surface area contributed by atoms with Gasteiger partial charge in [0.15, 0.2) is 0 Å². The molecule has 0 rings (SSSR count). The molecule has 14 heavy (non-hydrogen) atoms. The van der Waals surface area contributed by atoms with Crippen LogP contribution in [0, 0.1) is 0 Å². The van der Waals surface area contributed by atoms with Gasteiger partial charge in [0, 0.05) is 0 Å². The van der Waals surface area contributed by atoms with E-state index < -0.39 is 34.3 Å². The minimum atomic E-state index is -5.55. The molecule has 0 radical (unpaired) electrons. The Kier molecular flexibility index (Phi) is 3.90. The molecule has 0 aromatic heterocycles. The van der Waals surface area contributed by atoms with Crippen molar-refractivity contribution in [1.29, 1.82) is 0 Å². The highest BCUT2D eigenvalue weighted by Crippen LogP contribution is 2.23. The first-order chi connectivity index (χ1) is 6.08. The lowest BCUT2D eigenvalue weighted by molar-refractivity contribution is -0.0464. The fourth-order valence-electron chi connectivity index (χ4n) is 0.497. The maximum atomic E-state index is 11.8. The third-order valence-corrected chi connectivity index (χ3v) is 2.75. The lowest BCUT2D eigenvalue weighted by Gasteiger charge is -2.26. The fraction of sp³-hybridized carbons (Fsp3) is 1.00. The summed E-state index contributed by atoms with van der Waals surface area (Å²) in [5.74, 6) is 0. The number of aliphatic hydroxyl groups is 2. The third-order valence-electron chi connectivity index (χ3n) is 1.38. The van der Waals surface area contributed by atoms with E-state index in [4.69, 9.17) is 10.2 Å². The molecule has 0 heterocycles. The van der Waals surface area contributed by atoms with Crippen LogP contribution in [0.4, 0.5) is 13.2 Å². The molecule has 3 N–H and O–H groups in total. The quantitative estimate of drug-likeness (QED) is 0.595. The third kappa shape index (κ3) is 3.08. The summed E-state index contributed by atoms with van der Waals surface area (Å²) < 4.78 is 57.7. The number of hydrogen-bond donors (Lipinski definition) is 3. The summed E-state index contributed by atoms with van der Waals surface area (Å²) >= 11 is 0. The minimum Gasteiger partial charge on any atom is -0.394 e. The van der Waals surface area contributed by atoms with Gasteiger partial charge in [-0.2, -0.15) is 17.9 Å². The van der Waals surface area contributed by atoms with Gasteiger partial charge in [0.05, 0.1) is 18.8 Å². The summed E-state index contributed by atoms with van der Waals surface area (Å²) in [4.78, 5) is 0. The first kappa shape index (κ1) is 13.6. The molecular formula is C5H10F3NO4S. The number of aliphatic hydroxyl groups excluding tert-OH is 2. The zero-order valence-corrected chi connectivity index (χ0v) is 7.98. The molecule has 0 aliphatic carbocycles. The number of nitrogens with one attached hydrogen (secondary N) is 1. The Hall–Kier alpha value is -0.380.